The summed E-state index contributed by atoms with van der Waals surface area (Å²) in [7, 11) is 0. The number of carboxylic acid groups (broad SMARTS) is 1. The number of aliphatic carboxylic acids is 1. The lowest BCUT2D eigenvalue weighted by Crippen LogP contribution is -2.39. The molecule has 2 rings (SSSR count). The minimum Gasteiger partial charge on any atom is -0.479 e. The highest BCUT2D eigenvalue weighted by atomic mass is 16.5. The van der Waals surface area contributed by atoms with Crippen molar-refractivity contribution in [2.45, 2.75) is 44.3 Å². The highest BCUT2D eigenvalue weighted by molar-refractivity contribution is 5.82. The Morgan fingerprint density at radius 2 is 1.79 bits per heavy atom. The molecule has 6 heteroatoms. The van der Waals surface area contributed by atoms with Crippen LogP contribution >= 0.6 is 0 Å². The van der Waals surface area contributed by atoms with E-state index in [1.807, 2.05) is 0 Å². The Labute approximate surface area is 112 Å². The van der Waals surface area contributed by atoms with Crippen LogP contribution < -0.4 is 5.32 Å². The number of hydrogen-bond donors (Lipinski definition) is 3. The first-order valence-corrected chi connectivity index (χ1v) is 6.88. The summed E-state index contributed by atoms with van der Waals surface area (Å²) in [5.74, 6) is -0.638. The van der Waals surface area contributed by atoms with Crippen LogP contribution in [0, 0.1) is 11.8 Å². The van der Waals surface area contributed by atoms with Crippen LogP contribution in [0.1, 0.15) is 32.1 Å². The zero-order valence-corrected chi connectivity index (χ0v) is 10.9. The molecule has 19 heavy (non-hydrogen) atoms. The van der Waals surface area contributed by atoms with Crippen molar-refractivity contribution in [3.8, 4) is 0 Å². The number of carboxylic acids is 1. The van der Waals surface area contributed by atoms with E-state index in [1.54, 1.807) is 0 Å². The summed E-state index contributed by atoms with van der Waals surface area (Å²) in [5, 5.41) is 20.8. The van der Waals surface area contributed by atoms with Crippen LogP contribution in [0.4, 0.5) is 0 Å². The first-order valence-electron chi connectivity index (χ1n) is 6.88. The van der Waals surface area contributed by atoms with Gasteiger partial charge in [0.2, 0.25) is 5.91 Å². The third kappa shape index (κ3) is 3.45. The van der Waals surface area contributed by atoms with Gasteiger partial charge in [0.25, 0.3) is 0 Å². The molecule has 1 aliphatic heterocycles. The quantitative estimate of drug-likeness (QED) is 0.661. The molecule has 0 aromatic heterocycles. The highest BCUT2D eigenvalue weighted by Gasteiger charge is 2.35. The molecule has 6 nitrogen and oxygen atoms in total. The molecule has 0 aromatic rings. The molecule has 4 atom stereocenters. The molecule has 2 aliphatic rings. The normalized spacial score (nSPS) is 34.4. The Morgan fingerprint density at radius 3 is 2.42 bits per heavy atom. The Bertz CT molecular complexity index is 346. The molecule has 1 saturated carbocycles. The fourth-order valence-corrected chi connectivity index (χ4v) is 2.98. The molecule has 2 fully saturated rings. The lowest BCUT2D eigenvalue weighted by molar-refractivity contribution is -0.151. The van der Waals surface area contributed by atoms with Crippen LogP contribution in [0.3, 0.4) is 0 Å². The molecular formula is C13H21NO5. The zero-order valence-electron chi connectivity index (χ0n) is 10.9. The highest BCUT2D eigenvalue weighted by Crippen LogP contribution is 2.30. The van der Waals surface area contributed by atoms with Gasteiger partial charge in [0.1, 0.15) is 6.10 Å². The van der Waals surface area contributed by atoms with Gasteiger partial charge in [0, 0.05) is 13.2 Å². The summed E-state index contributed by atoms with van der Waals surface area (Å²) in [6, 6.07) is 0. The van der Waals surface area contributed by atoms with Crippen molar-refractivity contribution in [2.75, 3.05) is 13.2 Å². The number of hydrogen-bond acceptors (Lipinski definition) is 4. The van der Waals surface area contributed by atoms with Gasteiger partial charge in [0.15, 0.2) is 6.10 Å². The molecule has 1 heterocycles. The van der Waals surface area contributed by atoms with E-state index < -0.39 is 18.2 Å². The largest absolute Gasteiger partial charge is 0.479 e. The molecule has 0 aromatic carbocycles. The topological polar surface area (TPSA) is 95.9 Å². The van der Waals surface area contributed by atoms with Crippen molar-refractivity contribution in [3.05, 3.63) is 0 Å². The number of rotatable bonds is 5. The summed E-state index contributed by atoms with van der Waals surface area (Å²) in [6.45, 7) is 0.712. The monoisotopic (exact) mass is 271 g/mol. The molecule has 1 saturated heterocycles. The maximum absolute atomic E-state index is 11.9. The van der Waals surface area contributed by atoms with Crippen LogP contribution in [-0.4, -0.2) is 47.4 Å². The van der Waals surface area contributed by atoms with E-state index in [-0.39, 0.29) is 18.4 Å². The third-order valence-electron chi connectivity index (χ3n) is 4.18. The SMILES string of the molecule is O=C(O)C1CCC(C(=O)NCC2CCCC2CO)O1. The Balaban J connectivity index is 1.74. The summed E-state index contributed by atoms with van der Waals surface area (Å²) >= 11 is 0. The van der Waals surface area contributed by atoms with Crippen LogP contribution in [0.15, 0.2) is 0 Å². The smallest absolute Gasteiger partial charge is 0.332 e. The van der Waals surface area contributed by atoms with E-state index in [2.05, 4.69) is 5.32 Å². The second-order valence-corrected chi connectivity index (χ2v) is 5.41. The Morgan fingerprint density at radius 1 is 1.11 bits per heavy atom. The van der Waals surface area contributed by atoms with Crippen LogP contribution in [-0.2, 0) is 14.3 Å². The maximum atomic E-state index is 11.9. The predicted molar refractivity (Wildman–Crippen MR) is 66.5 cm³/mol. The van der Waals surface area contributed by atoms with Crippen LogP contribution in [0.25, 0.3) is 0 Å². The number of carbonyl (C=O) groups is 2. The van der Waals surface area contributed by atoms with Crippen molar-refractivity contribution in [1.82, 2.24) is 5.32 Å². The van der Waals surface area contributed by atoms with Gasteiger partial charge in [-0.15, -0.1) is 0 Å². The minimum absolute atomic E-state index is 0.168. The van der Waals surface area contributed by atoms with Gasteiger partial charge in [-0.1, -0.05) is 6.42 Å². The molecule has 108 valence electrons. The molecular weight excluding hydrogens is 250 g/mol. The average molecular weight is 271 g/mol. The van der Waals surface area contributed by atoms with Crippen molar-refractivity contribution >= 4 is 11.9 Å². The Hall–Kier alpha value is -1.14. The van der Waals surface area contributed by atoms with E-state index in [0.29, 0.717) is 25.3 Å². The van der Waals surface area contributed by atoms with Crippen molar-refractivity contribution < 1.29 is 24.5 Å². The summed E-state index contributed by atoms with van der Waals surface area (Å²) in [4.78, 5) is 22.6. The number of amides is 1. The standard InChI is InChI=1S/C13H21NO5/c15-7-9-3-1-2-8(9)6-14-12(16)10-4-5-11(19-10)13(17)18/h8-11,15H,1-7H2,(H,14,16)(H,17,18). The molecule has 4 unspecified atom stereocenters. The van der Waals surface area contributed by atoms with Gasteiger partial charge in [-0.05, 0) is 37.5 Å². The summed E-state index contributed by atoms with van der Waals surface area (Å²) in [5.41, 5.74) is 0. The molecule has 1 aliphatic carbocycles. The van der Waals surface area contributed by atoms with Crippen molar-refractivity contribution in [3.63, 3.8) is 0 Å². The molecule has 0 radical (unpaired) electrons. The molecule has 1 amide bonds. The van der Waals surface area contributed by atoms with E-state index >= 15 is 0 Å². The fourth-order valence-electron chi connectivity index (χ4n) is 2.98. The second kappa shape index (κ2) is 6.34. The van der Waals surface area contributed by atoms with Gasteiger partial charge in [-0.25, -0.2) is 4.79 Å². The molecule has 3 N–H and O–H groups in total. The first kappa shape index (κ1) is 14.3. The summed E-state index contributed by atoms with van der Waals surface area (Å²) < 4.78 is 5.19. The molecule has 0 bridgehead atoms. The van der Waals surface area contributed by atoms with Gasteiger partial charge < -0.3 is 20.3 Å². The van der Waals surface area contributed by atoms with Crippen molar-refractivity contribution in [2.24, 2.45) is 11.8 Å². The summed E-state index contributed by atoms with van der Waals surface area (Å²) in [6.07, 6.45) is 2.47. The predicted octanol–water partition coefficient (Wildman–Crippen LogP) is 0.143. The van der Waals surface area contributed by atoms with E-state index in [4.69, 9.17) is 9.84 Å². The fraction of sp³-hybridized carbons (Fsp3) is 0.846. The number of carbonyl (C=O) groups excluding carboxylic acids is 1. The average Bonchev–Trinajstić information content (AvgIpc) is 3.04. The maximum Gasteiger partial charge on any atom is 0.332 e. The van der Waals surface area contributed by atoms with Gasteiger partial charge in [-0.3, -0.25) is 4.79 Å². The Kier molecular flexibility index (Phi) is 4.76. The van der Waals surface area contributed by atoms with E-state index in [1.165, 1.54) is 0 Å². The number of nitrogens with one attached hydrogen (secondary N) is 1. The number of aliphatic hydroxyl groups excluding tert-OH is 1. The first-order chi connectivity index (χ1) is 9.11. The lowest BCUT2D eigenvalue weighted by atomic mass is 9.97. The number of ether oxygens (including phenoxy) is 1. The van der Waals surface area contributed by atoms with Crippen LogP contribution in [0.5, 0.6) is 0 Å². The minimum atomic E-state index is -1.01. The van der Waals surface area contributed by atoms with E-state index in [9.17, 15) is 14.7 Å². The van der Waals surface area contributed by atoms with Gasteiger partial charge in [0.05, 0.1) is 0 Å². The lowest BCUT2D eigenvalue weighted by Gasteiger charge is -2.19. The van der Waals surface area contributed by atoms with Gasteiger partial charge in [-0.2, -0.15) is 0 Å². The molecule has 0 spiro atoms. The zero-order chi connectivity index (χ0) is 13.8. The van der Waals surface area contributed by atoms with Gasteiger partial charge >= 0.3 is 5.97 Å². The van der Waals surface area contributed by atoms with Crippen LogP contribution in [0.2, 0.25) is 0 Å². The third-order valence-corrected chi connectivity index (χ3v) is 4.18. The second-order valence-electron chi connectivity index (χ2n) is 5.41. The van der Waals surface area contributed by atoms with E-state index in [0.717, 1.165) is 19.3 Å². The number of aliphatic hydroxyl groups is 1. The van der Waals surface area contributed by atoms with Crippen molar-refractivity contribution in [1.29, 1.82) is 0 Å².